The highest BCUT2D eigenvalue weighted by Crippen LogP contribution is 2.39. The number of benzene rings is 4. The normalized spacial score (nSPS) is 13.9. The molecule has 6 nitrogen and oxygen atoms in total. The molecule has 4 aromatic rings. The topological polar surface area (TPSA) is 74.2 Å². The molecule has 0 saturated heterocycles. The molecule has 4 aromatic carbocycles. The fourth-order valence-corrected chi connectivity index (χ4v) is 5.08. The molecule has 0 fully saturated rings. The Hall–Kier alpha value is -4.45. The Balaban J connectivity index is 1.39. The van der Waals surface area contributed by atoms with E-state index < -0.39 is 0 Å². The molecule has 0 saturated carbocycles. The van der Waals surface area contributed by atoms with Gasteiger partial charge < -0.3 is 24.1 Å². The van der Waals surface area contributed by atoms with Crippen LogP contribution < -0.4 is 14.2 Å². The monoisotopic (exact) mass is 524 g/mol. The summed E-state index contributed by atoms with van der Waals surface area (Å²) in [5.41, 5.74) is 7.06. The predicted octanol–water partition coefficient (Wildman–Crippen LogP) is 6.87. The Labute approximate surface area is 228 Å². The zero-order valence-corrected chi connectivity index (χ0v) is 22.4. The molecule has 0 spiro atoms. The molecule has 0 amide bonds. The fraction of sp³-hybridized carbons (Fsp3) is 0.242. The molecular weight excluding hydrogens is 492 g/mol. The number of methoxy groups -OCH3 is 1. The van der Waals surface area contributed by atoms with Crippen LogP contribution in [0.15, 0.2) is 78.9 Å². The summed E-state index contributed by atoms with van der Waals surface area (Å²) in [7, 11) is 1.40. The van der Waals surface area contributed by atoms with Gasteiger partial charge in [-0.15, -0.1) is 0 Å². The van der Waals surface area contributed by atoms with E-state index in [4.69, 9.17) is 18.9 Å². The average molecular weight is 525 g/mol. The minimum absolute atomic E-state index is 0.0204. The average Bonchev–Trinajstić information content (AvgIpc) is 3.32. The highest BCUT2D eigenvalue weighted by Gasteiger charge is 2.27. The van der Waals surface area contributed by atoms with Crippen LogP contribution in [0.1, 0.15) is 40.2 Å². The van der Waals surface area contributed by atoms with Crippen molar-refractivity contribution in [2.75, 3.05) is 13.7 Å². The van der Waals surface area contributed by atoms with E-state index in [0.29, 0.717) is 25.6 Å². The maximum absolute atomic E-state index is 11.7. The molecule has 1 aliphatic heterocycles. The van der Waals surface area contributed by atoms with E-state index >= 15 is 0 Å². The van der Waals surface area contributed by atoms with Crippen molar-refractivity contribution in [2.24, 2.45) is 0 Å². The van der Waals surface area contributed by atoms with Crippen LogP contribution in [0.3, 0.4) is 0 Å². The Morgan fingerprint density at radius 2 is 1.69 bits per heavy atom. The second-order valence-corrected chi connectivity index (χ2v) is 9.83. The lowest BCUT2D eigenvalue weighted by atomic mass is 9.94. The molecule has 1 aliphatic rings. The van der Waals surface area contributed by atoms with Gasteiger partial charge in [-0.1, -0.05) is 42.5 Å². The molecule has 1 unspecified atom stereocenters. The van der Waals surface area contributed by atoms with Crippen molar-refractivity contribution in [3.8, 4) is 34.1 Å². The Morgan fingerprint density at radius 1 is 0.923 bits per heavy atom. The van der Waals surface area contributed by atoms with Gasteiger partial charge in [0.05, 0.1) is 20.1 Å². The highest BCUT2D eigenvalue weighted by atomic mass is 16.5. The van der Waals surface area contributed by atoms with Crippen molar-refractivity contribution < 1.29 is 28.8 Å². The summed E-state index contributed by atoms with van der Waals surface area (Å²) in [6.07, 6.45) is 0.286. The van der Waals surface area contributed by atoms with Crippen LogP contribution in [0.4, 0.5) is 0 Å². The Morgan fingerprint density at radius 3 is 2.44 bits per heavy atom. The zero-order valence-electron chi connectivity index (χ0n) is 22.4. The number of rotatable bonds is 9. The molecular formula is C33H32O6. The van der Waals surface area contributed by atoms with Crippen molar-refractivity contribution in [1.29, 1.82) is 0 Å². The number of phenols is 1. The van der Waals surface area contributed by atoms with Crippen molar-refractivity contribution in [3.63, 3.8) is 0 Å². The third kappa shape index (κ3) is 6.01. The lowest BCUT2D eigenvalue weighted by Crippen LogP contribution is -2.09. The molecule has 1 heterocycles. The maximum Gasteiger partial charge on any atom is 0.306 e. The van der Waals surface area contributed by atoms with Gasteiger partial charge in [0.1, 0.15) is 36.2 Å². The number of carbonyl (C=O) groups is 1. The van der Waals surface area contributed by atoms with Crippen molar-refractivity contribution in [3.05, 3.63) is 107 Å². The van der Waals surface area contributed by atoms with E-state index in [9.17, 15) is 9.90 Å². The number of hydrogen-bond donors (Lipinski definition) is 1. The number of fused-ring (bicyclic) bond motifs is 1. The molecule has 0 aliphatic carbocycles. The summed E-state index contributed by atoms with van der Waals surface area (Å²) in [4.78, 5) is 11.7. The van der Waals surface area contributed by atoms with Crippen LogP contribution in [0.25, 0.3) is 11.1 Å². The van der Waals surface area contributed by atoms with Crippen LogP contribution >= 0.6 is 0 Å². The van der Waals surface area contributed by atoms with E-state index in [0.717, 1.165) is 50.4 Å². The molecule has 0 aromatic heterocycles. The Bertz CT molecular complexity index is 1450. The smallest absolute Gasteiger partial charge is 0.306 e. The van der Waals surface area contributed by atoms with Gasteiger partial charge in [0.2, 0.25) is 0 Å². The van der Waals surface area contributed by atoms with E-state index in [2.05, 4.69) is 6.07 Å². The Kier molecular flexibility index (Phi) is 7.73. The number of aromatic hydroxyl groups is 1. The summed E-state index contributed by atoms with van der Waals surface area (Å²) in [5, 5.41) is 10.0. The van der Waals surface area contributed by atoms with Gasteiger partial charge in [0.25, 0.3) is 0 Å². The minimum atomic E-state index is -0.251. The van der Waals surface area contributed by atoms with Crippen molar-refractivity contribution in [2.45, 2.75) is 39.4 Å². The molecule has 200 valence electrons. The van der Waals surface area contributed by atoms with Gasteiger partial charge in [-0.2, -0.15) is 0 Å². The maximum atomic E-state index is 11.7. The number of aryl methyl sites for hydroxylation is 2. The fourth-order valence-electron chi connectivity index (χ4n) is 5.08. The minimum Gasteiger partial charge on any atom is -0.508 e. The molecule has 5 rings (SSSR count). The molecule has 0 radical (unpaired) electrons. The molecule has 6 heteroatoms. The first-order valence-corrected chi connectivity index (χ1v) is 13.0. The highest BCUT2D eigenvalue weighted by molar-refractivity contribution is 5.73. The third-order valence-electron chi connectivity index (χ3n) is 7.00. The van der Waals surface area contributed by atoms with Gasteiger partial charge in [-0.05, 0) is 72.0 Å². The van der Waals surface area contributed by atoms with Crippen LogP contribution in [0, 0.1) is 13.8 Å². The van der Waals surface area contributed by atoms with E-state index in [1.54, 1.807) is 12.1 Å². The molecule has 1 N–H and O–H groups in total. The summed E-state index contributed by atoms with van der Waals surface area (Å²) in [6.45, 7) is 5.17. The van der Waals surface area contributed by atoms with Gasteiger partial charge in [-0.25, -0.2) is 0 Å². The molecule has 1 atom stereocenters. The first-order valence-electron chi connectivity index (χ1n) is 13.0. The van der Waals surface area contributed by atoms with Gasteiger partial charge >= 0.3 is 5.97 Å². The van der Waals surface area contributed by atoms with E-state index in [1.165, 1.54) is 7.11 Å². The van der Waals surface area contributed by atoms with Crippen LogP contribution in [-0.2, 0) is 22.7 Å². The SMILES string of the molecule is COC(=O)CC1COc2cc(OCc3cc(-c4c(C)cc(O)cc4C)ccc3OCc3ccccc3)ccc21. The van der Waals surface area contributed by atoms with Crippen LogP contribution in [0.5, 0.6) is 23.0 Å². The van der Waals surface area contributed by atoms with Crippen molar-refractivity contribution in [1.82, 2.24) is 0 Å². The van der Waals surface area contributed by atoms with Crippen LogP contribution in [-0.4, -0.2) is 24.8 Å². The third-order valence-corrected chi connectivity index (χ3v) is 7.00. The first kappa shape index (κ1) is 26.2. The zero-order chi connectivity index (χ0) is 27.4. The number of esters is 1. The lowest BCUT2D eigenvalue weighted by molar-refractivity contribution is -0.141. The van der Waals surface area contributed by atoms with Gasteiger partial charge in [-0.3, -0.25) is 4.79 Å². The molecule has 0 bridgehead atoms. The summed E-state index contributed by atoms with van der Waals surface area (Å²) < 4.78 is 23.1. The summed E-state index contributed by atoms with van der Waals surface area (Å²) in [6, 6.07) is 25.4. The number of ether oxygens (including phenoxy) is 4. The number of phenolic OH excluding ortho intramolecular Hbond substituents is 1. The standard InChI is InChI=1S/C33H32O6/c1-21-13-27(34)14-22(2)33(21)24-9-12-30(38-18-23-7-5-4-6-8-23)26(15-24)20-37-28-10-11-29-25(16-32(35)36-3)19-39-31(29)17-28/h4-15,17,25,34H,16,18-20H2,1-3H3. The van der Waals surface area contributed by atoms with Gasteiger partial charge in [0.15, 0.2) is 0 Å². The largest absolute Gasteiger partial charge is 0.508 e. The number of carbonyl (C=O) groups excluding carboxylic acids is 1. The van der Waals surface area contributed by atoms with E-state index in [-0.39, 0.29) is 24.1 Å². The van der Waals surface area contributed by atoms with Gasteiger partial charge in [0, 0.05) is 23.1 Å². The summed E-state index contributed by atoms with van der Waals surface area (Å²) >= 11 is 0. The second-order valence-electron chi connectivity index (χ2n) is 9.83. The van der Waals surface area contributed by atoms with Crippen molar-refractivity contribution >= 4 is 5.97 Å². The first-order chi connectivity index (χ1) is 18.9. The predicted molar refractivity (Wildman–Crippen MR) is 149 cm³/mol. The number of hydrogen-bond acceptors (Lipinski definition) is 6. The quantitative estimate of drug-likeness (QED) is 0.241. The van der Waals surface area contributed by atoms with E-state index in [1.807, 2.05) is 74.5 Å². The van der Waals surface area contributed by atoms with Crippen LogP contribution in [0.2, 0.25) is 0 Å². The summed E-state index contributed by atoms with van der Waals surface area (Å²) in [5.74, 6) is 2.13. The lowest BCUT2D eigenvalue weighted by Gasteiger charge is -2.17. The molecule has 39 heavy (non-hydrogen) atoms. The second kappa shape index (κ2) is 11.5.